The molecule has 0 unspecified atom stereocenters. The molecule has 0 saturated carbocycles. The Bertz CT molecular complexity index is 712. The molecule has 0 saturated heterocycles. The lowest BCUT2D eigenvalue weighted by Gasteiger charge is -2.21. The highest BCUT2D eigenvalue weighted by molar-refractivity contribution is 5.36. The van der Waals surface area contributed by atoms with Gasteiger partial charge in [-0.15, -0.1) is 0 Å². The first-order chi connectivity index (χ1) is 11.6. The minimum atomic E-state index is -4.26. The fraction of sp³-hybridized carbons (Fsp3) is 0.455. The Morgan fingerprint density at radius 2 is 1.08 bits per heavy atom. The third-order valence-corrected chi connectivity index (χ3v) is 4.12. The Labute approximate surface area is 154 Å². The Morgan fingerprint density at radius 1 is 0.654 bits per heavy atom. The number of aryl methyl sites for hydroxylation is 1. The Balaban J connectivity index is 0.000000273. The third-order valence-electron chi connectivity index (χ3n) is 4.12. The Hall–Kier alpha value is -1.84. The van der Waals surface area contributed by atoms with Crippen LogP contribution in [-0.2, 0) is 17.0 Å². The summed E-state index contributed by atoms with van der Waals surface area (Å²) in [6, 6.07) is 11.2. The van der Waals surface area contributed by atoms with Gasteiger partial charge < -0.3 is 0 Å². The number of hydrogen-bond acceptors (Lipinski definition) is 0. The Kier molecular flexibility index (Phi) is 6.67. The second-order valence-corrected chi connectivity index (χ2v) is 8.53. The van der Waals surface area contributed by atoms with Gasteiger partial charge in [-0.25, -0.2) is 4.39 Å². The standard InChI is InChI=1S/C12H15F3.C10H13F/c1-8-5-6-9(11(2,3)4)7-10(8)12(13,14)15;1-10(2,3)8-4-6-9(11)7-5-8/h5-7H,1-4H3;4-7H,1-3H3. The van der Waals surface area contributed by atoms with Gasteiger partial charge >= 0.3 is 6.18 Å². The number of benzene rings is 2. The quantitative estimate of drug-likeness (QED) is 0.424. The number of alkyl halides is 3. The average molecular weight is 368 g/mol. The zero-order chi connectivity index (χ0) is 20.3. The maximum absolute atomic E-state index is 12.6. The van der Waals surface area contributed by atoms with Crippen molar-refractivity contribution in [1.82, 2.24) is 0 Å². The highest BCUT2D eigenvalue weighted by Crippen LogP contribution is 2.34. The second-order valence-electron chi connectivity index (χ2n) is 8.53. The Morgan fingerprint density at radius 3 is 1.46 bits per heavy atom. The van der Waals surface area contributed by atoms with Gasteiger partial charge in [0, 0.05) is 0 Å². The summed E-state index contributed by atoms with van der Waals surface area (Å²) in [5, 5.41) is 0. The van der Waals surface area contributed by atoms with Crippen LogP contribution in [0.1, 0.15) is 63.8 Å². The van der Waals surface area contributed by atoms with E-state index in [0.29, 0.717) is 5.56 Å². The van der Waals surface area contributed by atoms with Crippen LogP contribution < -0.4 is 0 Å². The third kappa shape index (κ3) is 6.47. The maximum atomic E-state index is 12.6. The smallest absolute Gasteiger partial charge is 0.207 e. The molecule has 0 heterocycles. The molecular formula is C22H28F4. The van der Waals surface area contributed by atoms with Gasteiger partial charge in [-0.2, -0.15) is 13.2 Å². The van der Waals surface area contributed by atoms with Crippen LogP contribution in [0.5, 0.6) is 0 Å². The molecular weight excluding hydrogens is 340 g/mol. The molecule has 0 N–H and O–H groups in total. The molecule has 0 nitrogen and oxygen atoms in total. The molecule has 0 fully saturated rings. The number of hydrogen-bond donors (Lipinski definition) is 0. The average Bonchev–Trinajstić information content (AvgIpc) is 2.45. The van der Waals surface area contributed by atoms with Gasteiger partial charge in [-0.1, -0.05) is 65.8 Å². The monoisotopic (exact) mass is 368 g/mol. The van der Waals surface area contributed by atoms with Crippen molar-refractivity contribution in [2.24, 2.45) is 0 Å². The van der Waals surface area contributed by atoms with Crippen molar-refractivity contribution >= 4 is 0 Å². The highest BCUT2D eigenvalue weighted by atomic mass is 19.4. The van der Waals surface area contributed by atoms with E-state index in [0.717, 1.165) is 0 Å². The lowest BCUT2D eigenvalue weighted by molar-refractivity contribution is -0.138. The molecule has 0 spiro atoms. The van der Waals surface area contributed by atoms with E-state index >= 15 is 0 Å². The summed E-state index contributed by atoms with van der Waals surface area (Å²) in [6.45, 7) is 13.5. The van der Waals surface area contributed by atoms with E-state index in [2.05, 4.69) is 20.8 Å². The van der Waals surface area contributed by atoms with Crippen LogP contribution in [0, 0.1) is 12.7 Å². The first kappa shape index (κ1) is 22.2. The number of rotatable bonds is 0. The zero-order valence-corrected chi connectivity index (χ0v) is 16.6. The predicted molar refractivity (Wildman–Crippen MR) is 100.0 cm³/mol. The molecule has 0 aromatic heterocycles. The van der Waals surface area contributed by atoms with Gasteiger partial charge in [0.15, 0.2) is 0 Å². The summed E-state index contributed by atoms with van der Waals surface area (Å²) < 4.78 is 50.3. The van der Waals surface area contributed by atoms with Crippen molar-refractivity contribution in [2.75, 3.05) is 0 Å². The molecule has 4 heteroatoms. The summed E-state index contributed by atoms with van der Waals surface area (Å²) >= 11 is 0. The summed E-state index contributed by atoms with van der Waals surface area (Å²) in [4.78, 5) is 0. The summed E-state index contributed by atoms with van der Waals surface area (Å²) in [5.74, 6) is -0.169. The van der Waals surface area contributed by atoms with Crippen LogP contribution >= 0.6 is 0 Å². The molecule has 0 aliphatic heterocycles. The van der Waals surface area contributed by atoms with Crippen molar-refractivity contribution in [1.29, 1.82) is 0 Å². The molecule has 0 radical (unpaired) electrons. The van der Waals surface area contributed by atoms with Crippen LogP contribution in [0.25, 0.3) is 0 Å². The van der Waals surface area contributed by atoms with Crippen LogP contribution in [0.15, 0.2) is 42.5 Å². The van der Waals surface area contributed by atoms with Gasteiger partial charge in [0.05, 0.1) is 5.56 Å². The normalized spacial score (nSPS) is 12.4. The van der Waals surface area contributed by atoms with Crippen LogP contribution in [0.4, 0.5) is 17.6 Å². The molecule has 144 valence electrons. The van der Waals surface area contributed by atoms with E-state index in [4.69, 9.17) is 0 Å². The van der Waals surface area contributed by atoms with Crippen LogP contribution in [0.3, 0.4) is 0 Å². The fourth-order valence-corrected chi connectivity index (χ4v) is 2.34. The van der Waals surface area contributed by atoms with Crippen molar-refractivity contribution in [2.45, 2.75) is 65.5 Å². The predicted octanol–water partition coefficient (Wildman–Crippen LogP) is 7.43. The van der Waals surface area contributed by atoms with Crippen molar-refractivity contribution in [3.63, 3.8) is 0 Å². The van der Waals surface area contributed by atoms with Crippen LogP contribution in [0.2, 0.25) is 0 Å². The molecule has 2 aromatic carbocycles. The molecule has 0 aliphatic carbocycles. The minimum absolute atomic E-state index is 0.119. The number of halogens is 4. The summed E-state index contributed by atoms with van der Waals surface area (Å²) in [5.41, 5.74) is 1.48. The summed E-state index contributed by atoms with van der Waals surface area (Å²) in [7, 11) is 0. The van der Waals surface area contributed by atoms with Crippen molar-refractivity contribution < 1.29 is 17.6 Å². The van der Waals surface area contributed by atoms with E-state index in [-0.39, 0.29) is 22.2 Å². The lowest BCUT2D eigenvalue weighted by Crippen LogP contribution is -2.14. The van der Waals surface area contributed by atoms with Crippen molar-refractivity contribution in [3.05, 3.63) is 70.5 Å². The molecule has 0 bridgehead atoms. The SMILES string of the molecule is CC(C)(C)c1ccc(F)cc1.Cc1ccc(C(C)(C)C)cc1C(F)(F)F. The molecule has 0 atom stereocenters. The molecule has 2 aromatic rings. The van der Waals surface area contributed by atoms with E-state index < -0.39 is 11.7 Å². The van der Waals surface area contributed by atoms with E-state index in [1.165, 1.54) is 36.8 Å². The first-order valence-electron chi connectivity index (χ1n) is 8.57. The topological polar surface area (TPSA) is 0 Å². The molecule has 0 amide bonds. The summed E-state index contributed by atoms with van der Waals surface area (Å²) in [6.07, 6.45) is -4.26. The van der Waals surface area contributed by atoms with Crippen LogP contribution in [-0.4, -0.2) is 0 Å². The fourth-order valence-electron chi connectivity index (χ4n) is 2.34. The van der Waals surface area contributed by atoms with E-state index in [1.807, 2.05) is 32.9 Å². The first-order valence-corrected chi connectivity index (χ1v) is 8.57. The highest BCUT2D eigenvalue weighted by Gasteiger charge is 2.33. The van der Waals surface area contributed by atoms with Gasteiger partial charge in [0.1, 0.15) is 5.82 Å². The molecule has 0 aliphatic rings. The van der Waals surface area contributed by atoms with Gasteiger partial charge in [0.25, 0.3) is 0 Å². The second kappa shape index (κ2) is 7.81. The van der Waals surface area contributed by atoms with Gasteiger partial charge in [0.2, 0.25) is 0 Å². The van der Waals surface area contributed by atoms with Gasteiger partial charge in [-0.05, 0) is 52.6 Å². The van der Waals surface area contributed by atoms with Crippen molar-refractivity contribution in [3.8, 4) is 0 Å². The van der Waals surface area contributed by atoms with Gasteiger partial charge in [-0.3, -0.25) is 0 Å². The lowest BCUT2D eigenvalue weighted by atomic mass is 9.85. The molecule has 26 heavy (non-hydrogen) atoms. The molecule has 2 rings (SSSR count). The van der Waals surface area contributed by atoms with E-state index in [1.54, 1.807) is 6.07 Å². The minimum Gasteiger partial charge on any atom is -0.207 e. The largest absolute Gasteiger partial charge is 0.416 e. The zero-order valence-electron chi connectivity index (χ0n) is 16.6. The van der Waals surface area contributed by atoms with E-state index in [9.17, 15) is 17.6 Å². The maximum Gasteiger partial charge on any atom is 0.416 e.